The maximum atomic E-state index is 13.3. The molecule has 0 aliphatic rings. The Hall–Kier alpha value is -2.17. The highest BCUT2D eigenvalue weighted by Crippen LogP contribution is 2.32. The van der Waals surface area contributed by atoms with Gasteiger partial charge in [-0.1, -0.05) is 18.2 Å². The molecule has 0 unspecified atom stereocenters. The molecular weight excluding hydrogens is 396 g/mol. The molecule has 1 aromatic carbocycles. The molecule has 0 fully saturated rings. The van der Waals surface area contributed by atoms with Crippen molar-refractivity contribution in [2.75, 3.05) is 38.8 Å². The van der Waals surface area contributed by atoms with Crippen molar-refractivity contribution < 1.29 is 8.42 Å². The molecule has 3 rings (SSSR count). The van der Waals surface area contributed by atoms with Crippen molar-refractivity contribution in [3.63, 3.8) is 0 Å². The zero-order valence-corrected chi connectivity index (χ0v) is 18.0. The van der Waals surface area contributed by atoms with E-state index < -0.39 is 9.84 Å². The molecule has 1 N–H and O–H groups in total. The third kappa shape index (κ3) is 4.13. The van der Waals surface area contributed by atoms with Crippen LogP contribution in [0.5, 0.6) is 0 Å². The molecule has 28 heavy (non-hydrogen) atoms. The number of hydrogen-bond acceptors (Lipinski definition) is 8. The van der Waals surface area contributed by atoms with E-state index in [2.05, 4.69) is 25.3 Å². The number of fused-ring (bicyclic) bond motifs is 1. The molecule has 0 radical (unpaired) electrons. The second-order valence-electron chi connectivity index (χ2n) is 6.57. The Kier molecular flexibility index (Phi) is 6.21. The van der Waals surface area contributed by atoms with Gasteiger partial charge in [0.15, 0.2) is 10.5 Å². The van der Waals surface area contributed by atoms with Crippen LogP contribution in [0, 0.1) is 6.92 Å². The Bertz CT molecular complexity index is 1060. The lowest BCUT2D eigenvalue weighted by molar-refractivity contribution is 0.405. The van der Waals surface area contributed by atoms with Crippen LogP contribution in [0.4, 0.5) is 5.95 Å². The van der Waals surface area contributed by atoms with E-state index >= 15 is 0 Å². The lowest BCUT2D eigenvalue weighted by atomic mass is 10.4. The molecule has 0 aliphatic heterocycles. The van der Waals surface area contributed by atoms with Gasteiger partial charge in [0.05, 0.1) is 4.90 Å². The van der Waals surface area contributed by atoms with E-state index in [4.69, 9.17) is 0 Å². The summed E-state index contributed by atoms with van der Waals surface area (Å²) >= 11 is 1.28. The summed E-state index contributed by atoms with van der Waals surface area (Å²) in [5.74, 6) is 0.978. The fraction of sp³-hybridized carbons (Fsp3) is 0.389. The van der Waals surface area contributed by atoms with Crippen LogP contribution in [0.2, 0.25) is 0 Å². The van der Waals surface area contributed by atoms with Crippen molar-refractivity contribution in [1.29, 1.82) is 0 Å². The third-order valence-corrected chi connectivity index (χ3v) is 6.71. The fourth-order valence-electron chi connectivity index (χ4n) is 2.80. The van der Waals surface area contributed by atoms with Gasteiger partial charge in [-0.2, -0.15) is 14.6 Å². The molecule has 2 aromatic heterocycles. The van der Waals surface area contributed by atoms with Crippen molar-refractivity contribution in [2.45, 2.75) is 28.2 Å². The topological polar surface area (TPSA) is 92.5 Å². The molecule has 0 aliphatic carbocycles. The van der Waals surface area contributed by atoms with Crippen LogP contribution in [0.15, 0.2) is 45.1 Å². The predicted octanol–water partition coefficient (Wildman–Crippen LogP) is 2.35. The number of hydrogen-bond donors (Lipinski definition) is 1. The summed E-state index contributed by atoms with van der Waals surface area (Å²) in [6.07, 6.45) is 2.72. The molecule has 0 amide bonds. The van der Waals surface area contributed by atoms with E-state index in [0.717, 1.165) is 13.0 Å². The number of rotatable bonds is 8. The zero-order valence-electron chi connectivity index (χ0n) is 16.4. The number of sulfone groups is 1. The van der Waals surface area contributed by atoms with Crippen molar-refractivity contribution >= 4 is 33.2 Å². The van der Waals surface area contributed by atoms with Crippen LogP contribution in [-0.2, 0) is 9.84 Å². The standard InChI is InChI=1S/C18H24N6O2S2/c1-13-20-16-15(28(25,26)14-9-6-5-7-10-14)17(27-4)22-24(16)18(21-13)19-11-8-12-23(2)3/h5-7,9-10H,8,11-12H2,1-4H3,(H,19,20,21). The summed E-state index contributed by atoms with van der Waals surface area (Å²) < 4.78 is 28.1. The first kappa shape index (κ1) is 20.6. The van der Waals surface area contributed by atoms with Crippen LogP contribution in [0.25, 0.3) is 5.65 Å². The van der Waals surface area contributed by atoms with Crippen LogP contribution in [0.3, 0.4) is 0 Å². The Morgan fingerprint density at radius 3 is 2.54 bits per heavy atom. The molecule has 150 valence electrons. The number of aromatic nitrogens is 4. The number of aryl methyl sites for hydroxylation is 1. The maximum absolute atomic E-state index is 13.3. The molecule has 10 heteroatoms. The average molecular weight is 421 g/mol. The van der Waals surface area contributed by atoms with E-state index in [0.29, 0.717) is 23.3 Å². The van der Waals surface area contributed by atoms with Gasteiger partial charge in [-0.15, -0.1) is 11.8 Å². The van der Waals surface area contributed by atoms with Crippen LogP contribution in [-0.4, -0.2) is 66.3 Å². The molecule has 3 aromatic rings. The van der Waals surface area contributed by atoms with Gasteiger partial charge in [-0.3, -0.25) is 0 Å². The van der Waals surface area contributed by atoms with E-state index in [-0.39, 0.29) is 15.4 Å². The quantitative estimate of drug-likeness (QED) is 0.439. The minimum absolute atomic E-state index is 0.119. The van der Waals surface area contributed by atoms with Gasteiger partial charge in [0.1, 0.15) is 10.9 Å². The first-order chi connectivity index (χ1) is 13.3. The first-order valence-electron chi connectivity index (χ1n) is 8.84. The van der Waals surface area contributed by atoms with Gasteiger partial charge in [0.25, 0.3) is 0 Å². The van der Waals surface area contributed by atoms with Crippen LogP contribution < -0.4 is 5.32 Å². The van der Waals surface area contributed by atoms with E-state index in [1.807, 2.05) is 14.1 Å². The summed E-state index contributed by atoms with van der Waals surface area (Å²) in [6.45, 7) is 3.37. The van der Waals surface area contributed by atoms with Crippen LogP contribution in [0.1, 0.15) is 12.2 Å². The van der Waals surface area contributed by atoms with Crippen molar-refractivity contribution in [3.05, 3.63) is 36.2 Å². The molecule has 8 nitrogen and oxygen atoms in total. The molecule has 0 spiro atoms. The predicted molar refractivity (Wildman–Crippen MR) is 111 cm³/mol. The number of anilines is 1. The average Bonchev–Trinajstić information content (AvgIpc) is 3.05. The highest BCUT2D eigenvalue weighted by atomic mass is 32.2. The largest absolute Gasteiger partial charge is 0.354 e. The van der Waals surface area contributed by atoms with Gasteiger partial charge in [0, 0.05) is 6.54 Å². The van der Waals surface area contributed by atoms with Crippen LogP contribution >= 0.6 is 11.8 Å². The van der Waals surface area contributed by atoms with Crippen molar-refractivity contribution in [3.8, 4) is 0 Å². The molecule has 2 heterocycles. The van der Waals surface area contributed by atoms with Gasteiger partial charge in [-0.25, -0.2) is 13.4 Å². The summed E-state index contributed by atoms with van der Waals surface area (Å²) in [4.78, 5) is 11.3. The Labute approximate surface area is 169 Å². The van der Waals surface area contributed by atoms with Gasteiger partial charge < -0.3 is 10.2 Å². The van der Waals surface area contributed by atoms with Crippen molar-refractivity contribution in [2.24, 2.45) is 0 Å². The van der Waals surface area contributed by atoms with Gasteiger partial charge >= 0.3 is 0 Å². The highest BCUT2D eigenvalue weighted by molar-refractivity contribution is 7.99. The van der Waals surface area contributed by atoms with E-state index in [1.54, 1.807) is 43.5 Å². The number of nitrogens with one attached hydrogen (secondary N) is 1. The Morgan fingerprint density at radius 1 is 1.18 bits per heavy atom. The molecule has 0 atom stereocenters. The normalized spacial score (nSPS) is 12.0. The second-order valence-corrected chi connectivity index (χ2v) is 9.25. The number of thioether (sulfide) groups is 1. The Balaban J connectivity index is 2.09. The molecule has 0 bridgehead atoms. The van der Waals surface area contributed by atoms with E-state index in [9.17, 15) is 8.42 Å². The fourth-order valence-corrected chi connectivity index (χ4v) is 5.21. The zero-order chi connectivity index (χ0) is 20.3. The summed E-state index contributed by atoms with van der Waals surface area (Å²) in [5, 5.41) is 8.14. The van der Waals surface area contributed by atoms with Gasteiger partial charge in [0.2, 0.25) is 15.8 Å². The lowest BCUT2D eigenvalue weighted by Crippen LogP contribution is -2.18. The second kappa shape index (κ2) is 8.46. The summed E-state index contributed by atoms with van der Waals surface area (Å²) in [6, 6.07) is 8.35. The number of benzene rings is 1. The SMILES string of the molecule is CSc1nn2c(NCCCN(C)C)nc(C)nc2c1S(=O)(=O)c1ccccc1. The minimum atomic E-state index is -3.76. The first-order valence-corrected chi connectivity index (χ1v) is 11.6. The molecule has 0 saturated heterocycles. The summed E-state index contributed by atoms with van der Waals surface area (Å²) in [5.41, 5.74) is 0.288. The number of nitrogens with zero attached hydrogens (tertiary/aromatic N) is 5. The monoisotopic (exact) mass is 420 g/mol. The molecule has 0 saturated carbocycles. The minimum Gasteiger partial charge on any atom is -0.354 e. The highest BCUT2D eigenvalue weighted by Gasteiger charge is 2.29. The summed E-state index contributed by atoms with van der Waals surface area (Å²) in [7, 11) is 0.276. The van der Waals surface area contributed by atoms with E-state index in [1.165, 1.54) is 16.3 Å². The third-order valence-electron chi connectivity index (χ3n) is 4.11. The lowest BCUT2D eigenvalue weighted by Gasteiger charge is -2.11. The smallest absolute Gasteiger partial charge is 0.227 e. The van der Waals surface area contributed by atoms with Crippen molar-refractivity contribution in [1.82, 2.24) is 24.5 Å². The van der Waals surface area contributed by atoms with Gasteiger partial charge in [-0.05, 0) is 52.4 Å². The maximum Gasteiger partial charge on any atom is 0.227 e. The Morgan fingerprint density at radius 2 is 1.89 bits per heavy atom. The molecular formula is C18H24N6O2S2.